The van der Waals surface area contributed by atoms with Crippen molar-refractivity contribution in [1.82, 2.24) is 0 Å². The van der Waals surface area contributed by atoms with Crippen LogP contribution in [-0.2, 0) is 7.05 Å². The number of carboxylic acids is 1. The molecule has 0 aliphatic carbocycles. The van der Waals surface area contributed by atoms with Gasteiger partial charge in [-0.2, -0.15) is 0 Å². The quantitative estimate of drug-likeness (QED) is 0.556. The lowest BCUT2D eigenvalue weighted by Gasteiger charge is -2.00. The summed E-state index contributed by atoms with van der Waals surface area (Å²) in [6.07, 6.45) is 3.92. The molecule has 0 amide bonds. The summed E-state index contributed by atoms with van der Waals surface area (Å²) in [7, 11) is 1.96. The lowest BCUT2D eigenvalue weighted by molar-refractivity contribution is -0.671. The first-order valence-corrected chi connectivity index (χ1v) is 4.96. The van der Waals surface area contributed by atoms with Crippen molar-refractivity contribution in [1.29, 1.82) is 0 Å². The minimum absolute atomic E-state index is 0. The molecule has 4 heteroatoms. The number of hydrogen-bond acceptors (Lipinski definition) is 1. The highest BCUT2D eigenvalue weighted by atomic mass is 127. The Kier molecular flexibility index (Phi) is 4.62. The fraction of sp³-hybridized carbons (Fsp3) is 0.0769. The highest BCUT2D eigenvalue weighted by Crippen LogP contribution is 2.18. The van der Waals surface area contributed by atoms with Gasteiger partial charge in [0.1, 0.15) is 7.05 Å². The molecule has 0 unspecified atom stereocenters. The number of aromatic nitrogens is 1. The van der Waals surface area contributed by atoms with E-state index in [1.165, 1.54) is 0 Å². The highest BCUT2D eigenvalue weighted by Gasteiger charge is 2.03. The van der Waals surface area contributed by atoms with Gasteiger partial charge < -0.3 is 29.1 Å². The van der Waals surface area contributed by atoms with E-state index in [1.54, 1.807) is 12.1 Å². The molecule has 1 aromatic heterocycles. The van der Waals surface area contributed by atoms with Gasteiger partial charge in [-0.05, 0) is 23.3 Å². The molecule has 88 valence electrons. The Balaban J connectivity index is 0.00000144. The average molecular weight is 341 g/mol. The topological polar surface area (TPSA) is 41.2 Å². The van der Waals surface area contributed by atoms with E-state index in [1.807, 2.05) is 48.3 Å². The Morgan fingerprint density at radius 2 is 1.47 bits per heavy atom. The number of hydrogen-bond donors (Lipinski definition) is 1. The van der Waals surface area contributed by atoms with Crippen LogP contribution in [0.2, 0.25) is 0 Å². The van der Waals surface area contributed by atoms with E-state index < -0.39 is 5.97 Å². The van der Waals surface area contributed by atoms with Gasteiger partial charge in [0, 0.05) is 12.1 Å². The Hall–Kier alpha value is -1.43. The molecule has 0 spiro atoms. The number of pyridine rings is 1. The number of benzene rings is 1. The second-order valence-electron chi connectivity index (χ2n) is 3.63. The molecule has 0 aliphatic heterocycles. The van der Waals surface area contributed by atoms with Gasteiger partial charge in [0.05, 0.1) is 5.56 Å². The Morgan fingerprint density at radius 1 is 1.00 bits per heavy atom. The fourth-order valence-electron chi connectivity index (χ4n) is 1.50. The van der Waals surface area contributed by atoms with Crippen molar-refractivity contribution in [2.75, 3.05) is 0 Å². The van der Waals surface area contributed by atoms with Crippen molar-refractivity contribution in [3.8, 4) is 11.1 Å². The summed E-state index contributed by atoms with van der Waals surface area (Å²) < 4.78 is 1.95. The maximum absolute atomic E-state index is 10.7. The van der Waals surface area contributed by atoms with Gasteiger partial charge >= 0.3 is 5.97 Å². The fourth-order valence-corrected chi connectivity index (χ4v) is 1.50. The SMILES string of the molecule is C[n+]1ccc(-c2ccc(C(=O)O)cc2)cc1.[I-]. The summed E-state index contributed by atoms with van der Waals surface area (Å²) >= 11 is 0. The first-order valence-electron chi connectivity index (χ1n) is 4.96. The largest absolute Gasteiger partial charge is 1.00 e. The Labute approximate surface area is 117 Å². The lowest BCUT2D eigenvalue weighted by atomic mass is 10.1. The van der Waals surface area contributed by atoms with Gasteiger partial charge in [-0.3, -0.25) is 0 Å². The molecule has 2 aromatic rings. The summed E-state index contributed by atoms with van der Waals surface area (Å²) in [4.78, 5) is 10.7. The van der Waals surface area contributed by atoms with Gasteiger partial charge in [-0.25, -0.2) is 9.36 Å². The Morgan fingerprint density at radius 3 is 1.94 bits per heavy atom. The molecule has 2 rings (SSSR count). The van der Waals surface area contributed by atoms with Crippen LogP contribution in [0.3, 0.4) is 0 Å². The van der Waals surface area contributed by atoms with Crippen LogP contribution in [0.15, 0.2) is 48.8 Å². The van der Waals surface area contributed by atoms with E-state index in [4.69, 9.17) is 5.11 Å². The van der Waals surface area contributed by atoms with E-state index in [-0.39, 0.29) is 24.0 Å². The first kappa shape index (κ1) is 13.6. The zero-order valence-electron chi connectivity index (χ0n) is 9.30. The molecule has 3 nitrogen and oxygen atoms in total. The maximum Gasteiger partial charge on any atom is 0.335 e. The number of nitrogens with zero attached hydrogens (tertiary/aromatic N) is 1. The van der Waals surface area contributed by atoms with Gasteiger partial charge in [0.25, 0.3) is 0 Å². The smallest absolute Gasteiger partial charge is 0.335 e. The third kappa shape index (κ3) is 3.26. The van der Waals surface area contributed by atoms with Crippen LogP contribution < -0.4 is 28.5 Å². The second-order valence-corrected chi connectivity index (χ2v) is 3.63. The van der Waals surface area contributed by atoms with Gasteiger partial charge in [-0.1, -0.05) is 12.1 Å². The van der Waals surface area contributed by atoms with Crippen LogP contribution in [0.5, 0.6) is 0 Å². The van der Waals surface area contributed by atoms with Crippen LogP contribution in [0.25, 0.3) is 11.1 Å². The normalized spacial score (nSPS) is 9.47. The third-order valence-corrected chi connectivity index (χ3v) is 2.44. The van der Waals surface area contributed by atoms with Crippen molar-refractivity contribution in [3.63, 3.8) is 0 Å². The first-order chi connectivity index (χ1) is 7.66. The molecular weight excluding hydrogens is 329 g/mol. The summed E-state index contributed by atoms with van der Waals surface area (Å²) in [5.41, 5.74) is 2.41. The maximum atomic E-state index is 10.7. The van der Waals surface area contributed by atoms with E-state index in [2.05, 4.69) is 0 Å². The molecule has 0 saturated carbocycles. The molecule has 0 aliphatic rings. The molecule has 0 bridgehead atoms. The van der Waals surface area contributed by atoms with E-state index in [0.29, 0.717) is 5.56 Å². The van der Waals surface area contributed by atoms with Crippen LogP contribution >= 0.6 is 0 Å². The predicted octanol–water partition coefficient (Wildman–Crippen LogP) is -1.12. The zero-order chi connectivity index (χ0) is 11.5. The van der Waals surface area contributed by atoms with Crippen LogP contribution in [0.1, 0.15) is 10.4 Å². The minimum atomic E-state index is -0.897. The molecule has 0 fully saturated rings. The number of aromatic carboxylic acids is 1. The molecule has 0 atom stereocenters. The van der Waals surface area contributed by atoms with Gasteiger partial charge in [0.15, 0.2) is 12.4 Å². The van der Waals surface area contributed by atoms with E-state index in [9.17, 15) is 4.79 Å². The van der Waals surface area contributed by atoms with Crippen molar-refractivity contribution in [2.24, 2.45) is 7.05 Å². The van der Waals surface area contributed by atoms with Crippen LogP contribution in [0.4, 0.5) is 0 Å². The van der Waals surface area contributed by atoms with Crippen molar-refractivity contribution >= 4 is 5.97 Å². The van der Waals surface area contributed by atoms with E-state index >= 15 is 0 Å². The van der Waals surface area contributed by atoms with E-state index in [0.717, 1.165) is 11.1 Å². The van der Waals surface area contributed by atoms with Crippen molar-refractivity contribution in [3.05, 3.63) is 54.4 Å². The predicted molar refractivity (Wildman–Crippen MR) is 60.0 cm³/mol. The number of rotatable bonds is 2. The number of aryl methyl sites for hydroxylation is 1. The zero-order valence-corrected chi connectivity index (χ0v) is 11.5. The molecule has 1 N–H and O–H groups in total. The monoisotopic (exact) mass is 341 g/mol. The molecule has 17 heavy (non-hydrogen) atoms. The standard InChI is InChI=1S/C13H11NO2.HI/c1-14-8-6-11(7-9-14)10-2-4-12(5-3-10)13(15)16;/h2-9H,1H3;1H. The Bertz CT molecular complexity index is 506. The highest BCUT2D eigenvalue weighted by molar-refractivity contribution is 5.88. The summed E-state index contributed by atoms with van der Waals surface area (Å²) in [5.74, 6) is -0.897. The molecular formula is C13H12INO2. The van der Waals surface area contributed by atoms with Gasteiger partial charge in [-0.15, -0.1) is 0 Å². The van der Waals surface area contributed by atoms with Crippen molar-refractivity contribution < 1.29 is 38.4 Å². The van der Waals surface area contributed by atoms with Crippen molar-refractivity contribution in [2.45, 2.75) is 0 Å². The summed E-state index contributed by atoms with van der Waals surface area (Å²) in [6, 6.07) is 10.9. The minimum Gasteiger partial charge on any atom is -1.00 e. The van der Waals surface area contributed by atoms with Crippen LogP contribution in [0, 0.1) is 0 Å². The van der Waals surface area contributed by atoms with Crippen LogP contribution in [-0.4, -0.2) is 11.1 Å². The number of carboxylic acid groups (broad SMARTS) is 1. The summed E-state index contributed by atoms with van der Waals surface area (Å²) in [6.45, 7) is 0. The molecule has 0 radical (unpaired) electrons. The lowest BCUT2D eigenvalue weighted by Crippen LogP contribution is -3.00. The third-order valence-electron chi connectivity index (χ3n) is 2.44. The average Bonchev–Trinajstić information content (AvgIpc) is 2.30. The number of halogens is 1. The molecule has 0 saturated heterocycles. The second kappa shape index (κ2) is 5.77. The summed E-state index contributed by atoms with van der Waals surface area (Å²) in [5, 5.41) is 8.78. The number of carbonyl (C=O) groups is 1. The van der Waals surface area contributed by atoms with Gasteiger partial charge in [0.2, 0.25) is 0 Å². The molecule has 1 heterocycles. The molecule has 1 aromatic carbocycles.